The molecular formula is C14H11ClN2O. The zero-order valence-electron chi connectivity index (χ0n) is 9.56. The molecule has 1 N–H and O–H groups in total. The van der Waals surface area contributed by atoms with Gasteiger partial charge in [0.2, 0.25) is 0 Å². The molecule has 0 unspecified atom stereocenters. The predicted octanol–water partition coefficient (Wildman–Crippen LogP) is 4.09. The highest BCUT2D eigenvalue weighted by Gasteiger charge is 2.10. The number of fused-ring (bicyclic) bond motifs is 1. The topological polar surface area (TPSA) is 38.1 Å². The molecule has 0 aliphatic heterocycles. The van der Waals surface area contributed by atoms with E-state index in [2.05, 4.69) is 22.6 Å². The molecule has 3 rings (SSSR count). The molecule has 0 atom stereocenters. The molecule has 0 amide bonds. The summed E-state index contributed by atoms with van der Waals surface area (Å²) in [6.45, 7) is 0.688. The van der Waals surface area contributed by atoms with Crippen LogP contribution in [0.4, 0.5) is 5.82 Å². The van der Waals surface area contributed by atoms with Crippen LogP contribution in [0.25, 0.3) is 11.0 Å². The van der Waals surface area contributed by atoms with Gasteiger partial charge in [0.25, 0.3) is 0 Å². The number of halogens is 1. The average Bonchev–Trinajstić information content (AvgIpc) is 2.82. The minimum absolute atomic E-state index is 0.643. The number of rotatable bonds is 3. The van der Waals surface area contributed by atoms with E-state index >= 15 is 0 Å². The highest BCUT2D eigenvalue weighted by atomic mass is 35.5. The van der Waals surface area contributed by atoms with Gasteiger partial charge in [0.15, 0.2) is 11.4 Å². The van der Waals surface area contributed by atoms with Gasteiger partial charge in [0, 0.05) is 6.54 Å². The molecule has 4 heteroatoms. The fourth-order valence-corrected chi connectivity index (χ4v) is 2.11. The van der Waals surface area contributed by atoms with Crippen molar-refractivity contribution in [2.75, 3.05) is 5.32 Å². The average molecular weight is 259 g/mol. The van der Waals surface area contributed by atoms with E-state index in [0.717, 1.165) is 5.39 Å². The van der Waals surface area contributed by atoms with E-state index in [1.165, 1.54) is 5.56 Å². The Morgan fingerprint density at radius 2 is 1.89 bits per heavy atom. The van der Waals surface area contributed by atoms with Gasteiger partial charge in [-0.2, -0.15) is 0 Å². The van der Waals surface area contributed by atoms with Gasteiger partial charge in [-0.25, -0.2) is 0 Å². The van der Waals surface area contributed by atoms with Crippen molar-refractivity contribution in [3.8, 4) is 0 Å². The first kappa shape index (κ1) is 11.1. The second-order valence-corrected chi connectivity index (χ2v) is 4.39. The number of nitrogens with zero attached hydrogens (tertiary/aromatic N) is 1. The number of anilines is 1. The highest BCUT2D eigenvalue weighted by molar-refractivity contribution is 6.36. The normalized spacial score (nSPS) is 10.7. The summed E-state index contributed by atoms with van der Waals surface area (Å²) in [7, 11) is 0. The van der Waals surface area contributed by atoms with Crippen molar-refractivity contribution in [3.63, 3.8) is 0 Å². The summed E-state index contributed by atoms with van der Waals surface area (Å²) >= 11 is 6.15. The Morgan fingerprint density at radius 3 is 2.72 bits per heavy atom. The Labute approximate surface area is 109 Å². The van der Waals surface area contributed by atoms with Crippen LogP contribution in [0.5, 0.6) is 0 Å². The molecule has 0 spiro atoms. The SMILES string of the molecule is Clc1cccc2onc(NCc3ccccc3)c12. The van der Waals surface area contributed by atoms with Crippen LogP contribution in [-0.2, 0) is 6.54 Å². The van der Waals surface area contributed by atoms with Crippen molar-refractivity contribution >= 4 is 28.4 Å². The quantitative estimate of drug-likeness (QED) is 0.769. The van der Waals surface area contributed by atoms with Gasteiger partial charge in [0.05, 0.1) is 10.4 Å². The monoisotopic (exact) mass is 258 g/mol. The summed E-state index contributed by atoms with van der Waals surface area (Å²) < 4.78 is 5.22. The Morgan fingerprint density at radius 1 is 1.06 bits per heavy atom. The third kappa shape index (κ3) is 2.05. The number of benzene rings is 2. The molecule has 0 radical (unpaired) electrons. The third-order valence-electron chi connectivity index (χ3n) is 2.75. The molecule has 18 heavy (non-hydrogen) atoms. The molecule has 0 saturated carbocycles. The molecule has 3 nitrogen and oxygen atoms in total. The largest absolute Gasteiger partial charge is 0.363 e. The number of aromatic nitrogens is 1. The smallest absolute Gasteiger partial charge is 0.179 e. The number of hydrogen-bond acceptors (Lipinski definition) is 3. The molecule has 3 aromatic rings. The molecule has 1 heterocycles. The van der Waals surface area contributed by atoms with E-state index in [1.807, 2.05) is 36.4 Å². The van der Waals surface area contributed by atoms with Crippen molar-refractivity contribution in [3.05, 3.63) is 59.1 Å². The summed E-state index contributed by atoms with van der Waals surface area (Å²) in [6.07, 6.45) is 0. The van der Waals surface area contributed by atoms with E-state index in [-0.39, 0.29) is 0 Å². The summed E-state index contributed by atoms with van der Waals surface area (Å²) in [5.74, 6) is 0.680. The fourth-order valence-electron chi connectivity index (χ4n) is 1.85. The maximum absolute atomic E-state index is 6.15. The molecule has 2 aromatic carbocycles. The van der Waals surface area contributed by atoms with Gasteiger partial charge in [-0.15, -0.1) is 0 Å². The Kier molecular flexibility index (Phi) is 2.90. The van der Waals surface area contributed by atoms with E-state index < -0.39 is 0 Å². The zero-order chi connectivity index (χ0) is 12.4. The molecule has 0 fully saturated rings. The van der Waals surface area contributed by atoms with Crippen LogP contribution >= 0.6 is 11.6 Å². The van der Waals surface area contributed by atoms with E-state index in [4.69, 9.17) is 16.1 Å². The lowest BCUT2D eigenvalue weighted by Gasteiger charge is -2.03. The molecule has 0 aliphatic carbocycles. The lowest BCUT2D eigenvalue weighted by atomic mass is 10.2. The van der Waals surface area contributed by atoms with Crippen LogP contribution in [0, 0.1) is 0 Å². The third-order valence-corrected chi connectivity index (χ3v) is 3.07. The molecule has 0 bridgehead atoms. The lowest BCUT2D eigenvalue weighted by Crippen LogP contribution is -1.99. The minimum Gasteiger partial charge on any atom is -0.363 e. The van der Waals surface area contributed by atoms with Crippen LogP contribution < -0.4 is 5.32 Å². The molecule has 0 saturated heterocycles. The number of nitrogens with one attached hydrogen (secondary N) is 1. The highest BCUT2D eigenvalue weighted by Crippen LogP contribution is 2.30. The van der Waals surface area contributed by atoms with Crippen molar-refractivity contribution < 1.29 is 4.52 Å². The first-order valence-corrected chi connectivity index (χ1v) is 6.04. The summed E-state index contributed by atoms with van der Waals surface area (Å²) in [6, 6.07) is 15.6. The van der Waals surface area contributed by atoms with Gasteiger partial charge in [-0.3, -0.25) is 0 Å². The first-order chi connectivity index (χ1) is 8.84. The van der Waals surface area contributed by atoms with E-state index in [0.29, 0.717) is 23.0 Å². The van der Waals surface area contributed by atoms with Crippen LogP contribution in [0.15, 0.2) is 53.1 Å². The van der Waals surface area contributed by atoms with Crippen molar-refractivity contribution in [1.29, 1.82) is 0 Å². The fraction of sp³-hybridized carbons (Fsp3) is 0.0714. The van der Waals surface area contributed by atoms with Crippen LogP contribution in [0.3, 0.4) is 0 Å². The first-order valence-electron chi connectivity index (χ1n) is 5.66. The van der Waals surface area contributed by atoms with Gasteiger partial charge >= 0.3 is 0 Å². The maximum atomic E-state index is 6.15. The Hall–Kier alpha value is -2.00. The maximum Gasteiger partial charge on any atom is 0.179 e. The zero-order valence-corrected chi connectivity index (χ0v) is 10.3. The van der Waals surface area contributed by atoms with Crippen molar-refractivity contribution in [2.45, 2.75) is 6.54 Å². The van der Waals surface area contributed by atoms with Gasteiger partial charge in [-0.1, -0.05) is 53.2 Å². The van der Waals surface area contributed by atoms with Gasteiger partial charge in [0.1, 0.15) is 0 Å². The lowest BCUT2D eigenvalue weighted by molar-refractivity contribution is 0.459. The van der Waals surface area contributed by atoms with Crippen LogP contribution in [0.2, 0.25) is 5.02 Å². The number of hydrogen-bond donors (Lipinski definition) is 1. The second-order valence-electron chi connectivity index (χ2n) is 3.98. The van der Waals surface area contributed by atoms with Crippen molar-refractivity contribution in [1.82, 2.24) is 5.16 Å². The van der Waals surface area contributed by atoms with E-state index in [1.54, 1.807) is 0 Å². The molecule has 0 aliphatic rings. The van der Waals surface area contributed by atoms with Crippen molar-refractivity contribution in [2.24, 2.45) is 0 Å². The Balaban J connectivity index is 1.87. The van der Waals surface area contributed by atoms with Crippen LogP contribution in [0.1, 0.15) is 5.56 Å². The van der Waals surface area contributed by atoms with E-state index in [9.17, 15) is 0 Å². The van der Waals surface area contributed by atoms with Crippen LogP contribution in [-0.4, -0.2) is 5.16 Å². The van der Waals surface area contributed by atoms with Gasteiger partial charge < -0.3 is 9.84 Å². The molecule has 90 valence electrons. The predicted molar refractivity (Wildman–Crippen MR) is 72.8 cm³/mol. The second kappa shape index (κ2) is 4.70. The molecule has 1 aromatic heterocycles. The summed E-state index contributed by atoms with van der Waals surface area (Å²) in [5.41, 5.74) is 1.87. The molecular weight excluding hydrogens is 248 g/mol. The minimum atomic E-state index is 0.643. The standard InChI is InChI=1S/C14H11ClN2O/c15-11-7-4-8-12-13(11)14(17-18-12)16-9-10-5-2-1-3-6-10/h1-8H,9H2,(H,16,17). The van der Waals surface area contributed by atoms with Gasteiger partial charge in [-0.05, 0) is 17.7 Å². The summed E-state index contributed by atoms with van der Waals surface area (Å²) in [4.78, 5) is 0. The summed E-state index contributed by atoms with van der Waals surface area (Å²) in [5, 5.41) is 8.71. The Bertz CT molecular complexity index is 664.